The molecule has 28 heavy (non-hydrogen) atoms. The Labute approximate surface area is 169 Å². The predicted octanol–water partition coefficient (Wildman–Crippen LogP) is 5.26. The van der Waals surface area contributed by atoms with Gasteiger partial charge in [-0.15, -0.1) is 0 Å². The standard InChI is InChI=1S/C22H21ClN2O3/c1-5-7-17-16(6-2)21(14-8-10-15(23)11-9-14)24-18(12-19(26)27-4)22-20(17)13(3)25-28-22/h5-11,18H,2,12H2,1,3-4H3/b7-5-/t18-/m0/s1. The summed E-state index contributed by atoms with van der Waals surface area (Å²) < 4.78 is 10.5. The average molecular weight is 397 g/mol. The number of aryl methyl sites for hydroxylation is 1. The van der Waals surface area contributed by atoms with Crippen LogP contribution in [0.15, 0.2) is 64.2 Å². The lowest BCUT2D eigenvalue weighted by Crippen LogP contribution is -2.10. The molecule has 6 heteroatoms. The number of ether oxygens (including phenoxy) is 1. The van der Waals surface area contributed by atoms with Crippen molar-refractivity contribution in [1.82, 2.24) is 5.16 Å². The molecule has 0 fully saturated rings. The molecule has 0 radical (unpaired) electrons. The van der Waals surface area contributed by atoms with Crippen LogP contribution in [0, 0.1) is 6.92 Å². The second-order valence-corrected chi connectivity index (χ2v) is 6.76. The van der Waals surface area contributed by atoms with Crippen LogP contribution in [0.4, 0.5) is 0 Å². The molecule has 1 aliphatic rings. The number of aliphatic imine (C=N–C) groups is 1. The Morgan fingerprint density at radius 3 is 2.64 bits per heavy atom. The second kappa shape index (κ2) is 8.40. The largest absolute Gasteiger partial charge is 0.469 e. The van der Waals surface area contributed by atoms with Crippen LogP contribution in [0.25, 0.3) is 5.57 Å². The van der Waals surface area contributed by atoms with E-state index >= 15 is 0 Å². The van der Waals surface area contributed by atoms with Crippen LogP contribution in [-0.2, 0) is 9.53 Å². The first-order valence-corrected chi connectivity index (χ1v) is 9.24. The molecule has 0 unspecified atom stereocenters. The minimum Gasteiger partial charge on any atom is -0.469 e. The van der Waals surface area contributed by atoms with Crippen LogP contribution in [0.3, 0.4) is 0 Å². The molecule has 3 rings (SSSR count). The summed E-state index contributed by atoms with van der Waals surface area (Å²) in [7, 11) is 1.36. The lowest BCUT2D eigenvalue weighted by atomic mass is 9.92. The number of methoxy groups -OCH3 is 1. The van der Waals surface area contributed by atoms with E-state index in [-0.39, 0.29) is 12.4 Å². The topological polar surface area (TPSA) is 64.7 Å². The van der Waals surface area contributed by atoms with Crippen molar-refractivity contribution in [3.8, 4) is 0 Å². The smallest absolute Gasteiger partial charge is 0.308 e. The second-order valence-electron chi connectivity index (χ2n) is 6.32. The monoisotopic (exact) mass is 396 g/mol. The fourth-order valence-electron chi connectivity index (χ4n) is 3.25. The van der Waals surface area contributed by atoms with Crippen LogP contribution < -0.4 is 0 Å². The van der Waals surface area contributed by atoms with Crippen molar-refractivity contribution in [3.63, 3.8) is 0 Å². The Bertz CT molecular complexity index is 997. The maximum atomic E-state index is 12.0. The van der Waals surface area contributed by atoms with Crippen LogP contribution >= 0.6 is 11.6 Å². The summed E-state index contributed by atoms with van der Waals surface area (Å²) in [6.45, 7) is 7.81. The number of hydrogen-bond acceptors (Lipinski definition) is 5. The Balaban J connectivity index is 2.31. The molecular formula is C22H21ClN2O3. The zero-order chi connectivity index (χ0) is 20.3. The summed E-state index contributed by atoms with van der Waals surface area (Å²) in [5.41, 5.74) is 4.86. The van der Waals surface area contributed by atoms with Crippen LogP contribution in [0.5, 0.6) is 0 Å². The van der Waals surface area contributed by atoms with Gasteiger partial charge in [-0.3, -0.25) is 9.79 Å². The number of fused-ring (bicyclic) bond motifs is 1. The fraction of sp³-hybridized carbons (Fsp3) is 0.227. The van der Waals surface area contributed by atoms with Crippen molar-refractivity contribution in [2.45, 2.75) is 26.3 Å². The number of halogens is 1. The molecule has 5 nitrogen and oxygen atoms in total. The predicted molar refractivity (Wildman–Crippen MR) is 111 cm³/mol. The zero-order valence-electron chi connectivity index (χ0n) is 16.0. The number of benzene rings is 1. The lowest BCUT2D eigenvalue weighted by Gasteiger charge is -2.12. The number of carbonyl (C=O) groups is 1. The lowest BCUT2D eigenvalue weighted by molar-refractivity contribution is -0.141. The van der Waals surface area contributed by atoms with Gasteiger partial charge in [-0.1, -0.05) is 53.7 Å². The summed E-state index contributed by atoms with van der Waals surface area (Å²) in [5.74, 6) is 0.165. The van der Waals surface area contributed by atoms with Crippen molar-refractivity contribution >= 4 is 28.9 Å². The highest BCUT2D eigenvalue weighted by atomic mass is 35.5. The van der Waals surface area contributed by atoms with Crippen molar-refractivity contribution in [2.24, 2.45) is 4.99 Å². The number of aromatic nitrogens is 1. The van der Waals surface area contributed by atoms with E-state index in [1.807, 2.05) is 38.1 Å². The van der Waals surface area contributed by atoms with Crippen molar-refractivity contribution in [2.75, 3.05) is 7.11 Å². The van der Waals surface area contributed by atoms with E-state index in [9.17, 15) is 4.79 Å². The number of carbonyl (C=O) groups excluding carboxylic acids is 1. The summed E-state index contributed by atoms with van der Waals surface area (Å²) >= 11 is 6.06. The van der Waals surface area contributed by atoms with E-state index in [4.69, 9.17) is 25.9 Å². The molecule has 144 valence electrons. The minimum absolute atomic E-state index is 0.0444. The van der Waals surface area contributed by atoms with E-state index in [0.717, 1.165) is 28.0 Å². The fourth-order valence-corrected chi connectivity index (χ4v) is 3.38. The quantitative estimate of drug-likeness (QED) is 0.646. The third kappa shape index (κ3) is 3.71. The van der Waals surface area contributed by atoms with Crippen molar-refractivity contribution in [3.05, 3.63) is 82.2 Å². The van der Waals surface area contributed by atoms with Gasteiger partial charge in [0.25, 0.3) is 0 Å². The molecule has 0 spiro atoms. The Morgan fingerprint density at radius 1 is 1.32 bits per heavy atom. The average Bonchev–Trinajstić information content (AvgIpc) is 3.01. The van der Waals surface area contributed by atoms with Gasteiger partial charge in [0.15, 0.2) is 5.76 Å². The van der Waals surface area contributed by atoms with Crippen LogP contribution in [-0.4, -0.2) is 23.9 Å². The maximum absolute atomic E-state index is 12.0. The summed E-state index contributed by atoms with van der Waals surface area (Å²) in [5, 5.41) is 4.75. The van der Waals surface area contributed by atoms with Gasteiger partial charge < -0.3 is 9.26 Å². The molecule has 1 aliphatic heterocycles. The molecule has 0 saturated carbocycles. The highest BCUT2D eigenvalue weighted by molar-refractivity contribution is 6.30. The van der Waals surface area contributed by atoms with Gasteiger partial charge >= 0.3 is 5.97 Å². The Hall–Kier alpha value is -2.92. The third-order valence-corrected chi connectivity index (χ3v) is 4.79. The van der Waals surface area contributed by atoms with Crippen LogP contribution in [0.2, 0.25) is 5.02 Å². The number of nitrogens with zero attached hydrogens (tertiary/aromatic N) is 2. The van der Waals surface area contributed by atoms with E-state index in [2.05, 4.69) is 11.7 Å². The molecule has 0 bridgehead atoms. The number of hydrogen-bond donors (Lipinski definition) is 0. The molecule has 2 aromatic rings. The Morgan fingerprint density at radius 2 is 2.04 bits per heavy atom. The number of esters is 1. The summed E-state index contributed by atoms with van der Waals surface area (Å²) in [4.78, 5) is 16.9. The van der Waals surface area contributed by atoms with Crippen molar-refractivity contribution < 1.29 is 14.1 Å². The van der Waals surface area contributed by atoms with Gasteiger partial charge in [-0.05, 0) is 31.6 Å². The van der Waals surface area contributed by atoms with Gasteiger partial charge in [0.2, 0.25) is 0 Å². The van der Waals surface area contributed by atoms with Crippen molar-refractivity contribution in [1.29, 1.82) is 0 Å². The molecule has 0 N–H and O–H groups in total. The van der Waals surface area contributed by atoms with Gasteiger partial charge in [-0.25, -0.2) is 0 Å². The van der Waals surface area contributed by atoms with E-state index in [0.29, 0.717) is 16.5 Å². The first-order chi connectivity index (χ1) is 13.5. The van der Waals surface area contributed by atoms with E-state index in [1.165, 1.54) is 7.11 Å². The molecule has 0 saturated heterocycles. The molecule has 0 amide bonds. The highest BCUT2D eigenvalue weighted by Gasteiger charge is 2.31. The normalized spacial score (nSPS) is 16.6. The van der Waals surface area contributed by atoms with Crippen LogP contribution in [0.1, 0.15) is 42.0 Å². The first-order valence-electron chi connectivity index (χ1n) is 8.87. The molecule has 1 atom stereocenters. The Kier molecular flexibility index (Phi) is 5.95. The molecule has 1 aromatic heterocycles. The summed E-state index contributed by atoms with van der Waals surface area (Å²) in [6, 6.07) is 6.84. The third-order valence-electron chi connectivity index (χ3n) is 4.53. The first kappa shape index (κ1) is 19.8. The minimum atomic E-state index is -0.563. The number of rotatable bonds is 5. The molecule has 1 aromatic carbocycles. The molecule has 2 heterocycles. The highest BCUT2D eigenvalue weighted by Crippen LogP contribution is 2.39. The van der Waals surface area contributed by atoms with Gasteiger partial charge in [0, 0.05) is 16.2 Å². The van der Waals surface area contributed by atoms with Gasteiger partial charge in [0.05, 0.1) is 30.5 Å². The molecular weight excluding hydrogens is 376 g/mol. The SMILES string of the molecule is C=CC1=C(/C=C\C)c2c(C)noc2[C@H](CC(=O)OC)N=C1c1ccc(Cl)cc1. The van der Waals surface area contributed by atoms with Gasteiger partial charge in [-0.2, -0.15) is 0 Å². The van der Waals surface area contributed by atoms with E-state index in [1.54, 1.807) is 18.2 Å². The van der Waals surface area contributed by atoms with Gasteiger partial charge in [0.1, 0.15) is 6.04 Å². The number of allylic oxidation sites excluding steroid dienone is 5. The van der Waals surface area contributed by atoms with E-state index < -0.39 is 6.04 Å². The molecule has 0 aliphatic carbocycles. The summed E-state index contributed by atoms with van der Waals surface area (Å²) in [6.07, 6.45) is 5.73. The zero-order valence-corrected chi connectivity index (χ0v) is 16.8. The maximum Gasteiger partial charge on any atom is 0.308 e.